The number of aromatic nitrogens is 1. The number of aromatic hydroxyl groups is 1. The van der Waals surface area contributed by atoms with Crippen LogP contribution in [0.25, 0.3) is 10.9 Å². The zero-order valence-corrected chi connectivity index (χ0v) is 17.5. The number of hydrogen-bond acceptors (Lipinski definition) is 5. The first kappa shape index (κ1) is 22.8. The maximum Gasteiger partial charge on any atom is 0.326 e. The standard InChI is InChI=1S/C23H26N4O5/c1-13(26-22(30)18(24)10-14-6-8-16(28)9-7-14)21(29)27-20(23(31)32)11-15-12-25-19-5-3-2-4-17(15)19/h2-9,12-13,18,20,25,28H,10-11,24H2,1H3,(H,26,30)(H,27,29)(H,31,32)/t13-,18-,20-/m0/s1. The van der Waals surface area contributed by atoms with Gasteiger partial charge in [-0.3, -0.25) is 9.59 Å². The van der Waals surface area contributed by atoms with Gasteiger partial charge >= 0.3 is 5.97 Å². The minimum atomic E-state index is -1.17. The van der Waals surface area contributed by atoms with Gasteiger partial charge in [-0.15, -0.1) is 0 Å². The number of aromatic amines is 1. The van der Waals surface area contributed by atoms with Gasteiger partial charge in [-0.05, 0) is 42.7 Å². The Hall–Kier alpha value is -3.85. The maximum atomic E-state index is 12.5. The van der Waals surface area contributed by atoms with E-state index in [0.29, 0.717) is 0 Å². The first-order chi connectivity index (χ1) is 15.2. The van der Waals surface area contributed by atoms with Crippen LogP contribution >= 0.6 is 0 Å². The molecule has 7 N–H and O–H groups in total. The zero-order valence-electron chi connectivity index (χ0n) is 17.5. The average Bonchev–Trinajstić information content (AvgIpc) is 3.17. The van der Waals surface area contributed by atoms with E-state index in [1.165, 1.54) is 19.1 Å². The number of fused-ring (bicyclic) bond motifs is 1. The summed E-state index contributed by atoms with van der Waals surface area (Å²) in [5.41, 5.74) is 8.32. The van der Waals surface area contributed by atoms with E-state index in [4.69, 9.17) is 5.73 Å². The van der Waals surface area contributed by atoms with Gasteiger partial charge in [-0.1, -0.05) is 30.3 Å². The van der Waals surface area contributed by atoms with E-state index in [1.807, 2.05) is 24.3 Å². The van der Waals surface area contributed by atoms with Crippen molar-refractivity contribution in [3.05, 3.63) is 65.9 Å². The van der Waals surface area contributed by atoms with E-state index in [1.54, 1.807) is 18.3 Å². The van der Waals surface area contributed by atoms with Crippen molar-refractivity contribution in [3.63, 3.8) is 0 Å². The van der Waals surface area contributed by atoms with Crippen LogP contribution in [-0.4, -0.2) is 51.1 Å². The van der Waals surface area contributed by atoms with Crippen LogP contribution in [0.4, 0.5) is 0 Å². The molecule has 0 saturated carbocycles. The van der Waals surface area contributed by atoms with Gasteiger partial charge in [0, 0.05) is 23.5 Å². The van der Waals surface area contributed by atoms with Gasteiger partial charge in [0.15, 0.2) is 0 Å². The molecule has 0 aliphatic rings. The first-order valence-electron chi connectivity index (χ1n) is 10.2. The van der Waals surface area contributed by atoms with Crippen LogP contribution in [0, 0.1) is 0 Å². The molecule has 0 aliphatic carbocycles. The molecular formula is C23H26N4O5. The van der Waals surface area contributed by atoms with Crippen molar-refractivity contribution in [2.75, 3.05) is 0 Å². The quantitative estimate of drug-likeness (QED) is 0.293. The van der Waals surface area contributed by atoms with E-state index in [9.17, 15) is 24.6 Å². The molecule has 9 heteroatoms. The summed E-state index contributed by atoms with van der Waals surface area (Å²) in [7, 11) is 0. The summed E-state index contributed by atoms with van der Waals surface area (Å²) in [6.45, 7) is 1.46. The number of carbonyl (C=O) groups is 3. The Bertz CT molecular complexity index is 1110. The number of rotatable bonds is 9. The summed E-state index contributed by atoms with van der Waals surface area (Å²) < 4.78 is 0. The monoisotopic (exact) mass is 438 g/mol. The predicted octanol–water partition coefficient (Wildman–Crippen LogP) is 1.06. The Morgan fingerprint density at radius 1 is 1.00 bits per heavy atom. The molecule has 0 unspecified atom stereocenters. The highest BCUT2D eigenvalue weighted by Gasteiger charge is 2.26. The second-order valence-corrected chi connectivity index (χ2v) is 7.67. The number of phenolic OH excluding ortho intramolecular Hbond substituents is 1. The van der Waals surface area contributed by atoms with Crippen molar-refractivity contribution >= 4 is 28.7 Å². The molecule has 32 heavy (non-hydrogen) atoms. The van der Waals surface area contributed by atoms with Gasteiger partial charge in [0.1, 0.15) is 17.8 Å². The molecule has 0 aliphatic heterocycles. The van der Waals surface area contributed by atoms with Crippen molar-refractivity contribution in [3.8, 4) is 5.75 Å². The van der Waals surface area contributed by atoms with E-state index in [2.05, 4.69) is 15.6 Å². The van der Waals surface area contributed by atoms with Crippen molar-refractivity contribution in [2.45, 2.75) is 37.9 Å². The van der Waals surface area contributed by atoms with E-state index < -0.39 is 35.9 Å². The second-order valence-electron chi connectivity index (χ2n) is 7.67. The van der Waals surface area contributed by atoms with Crippen LogP contribution in [0.15, 0.2) is 54.7 Å². The van der Waals surface area contributed by atoms with Crippen LogP contribution in [0.2, 0.25) is 0 Å². The number of para-hydroxylation sites is 1. The van der Waals surface area contributed by atoms with E-state index in [0.717, 1.165) is 22.0 Å². The van der Waals surface area contributed by atoms with Crippen molar-refractivity contribution in [2.24, 2.45) is 5.73 Å². The maximum absolute atomic E-state index is 12.5. The van der Waals surface area contributed by atoms with Crippen LogP contribution in [0.3, 0.4) is 0 Å². The summed E-state index contributed by atoms with van der Waals surface area (Å²) in [4.78, 5) is 39.7. The van der Waals surface area contributed by atoms with Gasteiger partial charge < -0.3 is 31.6 Å². The highest BCUT2D eigenvalue weighted by molar-refractivity contribution is 5.92. The third kappa shape index (κ3) is 5.64. The Balaban J connectivity index is 1.57. The Morgan fingerprint density at radius 2 is 1.69 bits per heavy atom. The van der Waals surface area contributed by atoms with Gasteiger partial charge in [0.05, 0.1) is 6.04 Å². The van der Waals surface area contributed by atoms with Gasteiger partial charge in [-0.25, -0.2) is 4.79 Å². The third-order valence-electron chi connectivity index (χ3n) is 5.19. The van der Waals surface area contributed by atoms with Gasteiger partial charge in [0.25, 0.3) is 0 Å². The predicted molar refractivity (Wildman–Crippen MR) is 119 cm³/mol. The van der Waals surface area contributed by atoms with Crippen LogP contribution in [0.1, 0.15) is 18.1 Å². The zero-order chi connectivity index (χ0) is 23.3. The summed E-state index contributed by atoms with van der Waals surface area (Å²) in [5, 5.41) is 24.8. The molecular weight excluding hydrogens is 412 g/mol. The molecule has 0 saturated heterocycles. The van der Waals surface area contributed by atoms with Gasteiger partial charge in [0.2, 0.25) is 11.8 Å². The molecule has 1 heterocycles. The smallest absolute Gasteiger partial charge is 0.326 e. The second kappa shape index (κ2) is 9.97. The average molecular weight is 438 g/mol. The minimum Gasteiger partial charge on any atom is -0.508 e. The normalized spacial score (nSPS) is 13.8. The molecule has 0 radical (unpaired) electrons. The molecule has 0 spiro atoms. The fourth-order valence-electron chi connectivity index (χ4n) is 3.38. The number of nitrogens with two attached hydrogens (primary N) is 1. The molecule has 0 bridgehead atoms. The lowest BCUT2D eigenvalue weighted by Crippen LogP contribution is -2.54. The largest absolute Gasteiger partial charge is 0.508 e. The minimum absolute atomic E-state index is 0.0894. The summed E-state index contributed by atoms with van der Waals surface area (Å²) >= 11 is 0. The van der Waals surface area contributed by atoms with Crippen molar-refractivity contribution < 1.29 is 24.6 Å². The lowest BCUT2D eigenvalue weighted by atomic mass is 10.0. The molecule has 3 atom stereocenters. The fourth-order valence-corrected chi connectivity index (χ4v) is 3.38. The lowest BCUT2D eigenvalue weighted by molar-refractivity contribution is -0.142. The Labute approximate surface area is 184 Å². The molecule has 0 fully saturated rings. The number of aliphatic carboxylic acids is 1. The SMILES string of the molecule is C[C@H](NC(=O)[C@@H](N)Cc1ccc(O)cc1)C(=O)N[C@@H](Cc1c[nH]c2ccccc12)C(=O)O. The number of nitrogens with one attached hydrogen (secondary N) is 3. The van der Waals surface area contributed by atoms with Gasteiger partial charge in [-0.2, -0.15) is 0 Å². The number of hydrogen-bond donors (Lipinski definition) is 6. The number of phenols is 1. The topological polar surface area (TPSA) is 158 Å². The lowest BCUT2D eigenvalue weighted by Gasteiger charge is -2.20. The van der Waals surface area contributed by atoms with E-state index >= 15 is 0 Å². The molecule has 3 aromatic rings. The Kier molecular flexibility index (Phi) is 7.11. The third-order valence-corrected chi connectivity index (χ3v) is 5.19. The summed E-state index contributed by atoms with van der Waals surface area (Å²) in [5.74, 6) is -2.23. The number of amides is 2. The first-order valence-corrected chi connectivity index (χ1v) is 10.2. The highest BCUT2D eigenvalue weighted by atomic mass is 16.4. The number of carboxylic acid groups (broad SMARTS) is 1. The molecule has 2 aromatic carbocycles. The van der Waals surface area contributed by atoms with Crippen molar-refractivity contribution in [1.82, 2.24) is 15.6 Å². The number of carbonyl (C=O) groups excluding carboxylic acids is 2. The summed E-state index contributed by atoms with van der Waals surface area (Å²) in [6, 6.07) is 10.7. The number of benzene rings is 2. The fraction of sp³-hybridized carbons (Fsp3) is 0.261. The van der Waals surface area contributed by atoms with Crippen molar-refractivity contribution in [1.29, 1.82) is 0 Å². The van der Waals surface area contributed by atoms with Crippen LogP contribution in [0.5, 0.6) is 5.75 Å². The highest BCUT2D eigenvalue weighted by Crippen LogP contribution is 2.19. The summed E-state index contributed by atoms with van der Waals surface area (Å²) in [6.07, 6.45) is 2.03. The molecule has 3 rings (SSSR count). The van der Waals surface area contributed by atoms with E-state index in [-0.39, 0.29) is 18.6 Å². The Morgan fingerprint density at radius 3 is 2.38 bits per heavy atom. The molecule has 168 valence electrons. The number of H-pyrrole nitrogens is 1. The number of carboxylic acids is 1. The molecule has 9 nitrogen and oxygen atoms in total. The van der Waals surface area contributed by atoms with Crippen LogP contribution < -0.4 is 16.4 Å². The molecule has 2 amide bonds. The van der Waals surface area contributed by atoms with Crippen LogP contribution in [-0.2, 0) is 27.2 Å². The molecule has 1 aromatic heterocycles.